The van der Waals surface area contributed by atoms with Gasteiger partial charge in [-0.15, -0.1) is 0 Å². The van der Waals surface area contributed by atoms with Crippen LogP contribution in [0.2, 0.25) is 0 Å². The number of allylic oxidation sites excluding steroid dienone is 5. The third kappa shape index (κ3) is 9.16. The minimum absolute atomic E-state index is 0.115. The van der Waals surface area contributed by atoms with Crippen LogP contribution in [0.5, 0.6) is 0 Å². The Hall–Kier alpha value is -4.54. The number of carbonyl (C=O) groups excluding carboxylic acids is 2. The van der Waals surface area contributed by atoms with Crippen molar-refractivity contribution < 1.29 is 19.1 Å². The van der Waals surface area contributed by atoms with Crippen LogP contribution in [0.1, 0.15) is 35.2 Å². The van der Waals surface area contributed by atoms with Gasteiger partial charge < -0.3 is 9.47 Å². The zero-order valence-corrected chi connectivity index (χ0v) is 21.6. The molecule has 1 heterocycles. The van der Waals surface area contributed by atoms with Crippen LogP contribution in [0.15, 0.2) is 90.5 Å². The molecule has 1 aliphatic carbocycles. The molecule has 38 heavy (non-hydrogen) atoms. The Morgan fingerprint density at radius 3 is 2.68 bits per heavy atom. The van der Waals surface area contributed by atoms with Gasteiger partial charge in [-0.25, -0.2) is 0 Å². The molecule has 0 spiro atoms. The second-order valence-electron chi connectivity index (χ2n) is 8.61. The number of aryl methyl sites for hydroxylation is 1. The van der Waals surface area contributed by atoms with Crippen molar-refractivity contribution in [3.8, 4) is 6.19 Å². The van der Waals surface area contributed by atoms with Gasteiger partial charge in [-0.3, -0.25) is 19.9 Å². The van der Waals surface area contributed by atoms with Crippen molar-refractivity contribution in [3.05, 3.63) is 113 Å². The summed E-state index contributed by atoms with van der Waals surface area (Å²) in [7, 11) is 1.59. The van der Waals surface area contributed by atoms with E-state index in [2.05, 4.69) is 10.3 Å². The molecule has 1 aromatic carbocycles. The second kappa shape index (κ2) is 14.9. The molecule has 194 valence electrons. The molecule has 0 fully saturated rings. The molecule has 7 heteroatoms. The monoisotopic (exact) mass is 509 g/mol. The highest BCUT2D eigenvalue weighted by Gasteiger charge is 2.17. The number of ether oxygens (including phenoxy) is 2. The molecule has 7 nitrogen and oxygen atoms in total. The fourth-order valence-electron chi connectivity index (χ4n) is 3.82. The zero-order chi connectivity index (χ0) is 27.2. The van der Waals surface area contributed by atoms with Gasteiger partial charge in [-0.05, 0) is 60.1 Å². The normalized spacial score (nSPS) is 15.3. The highest BCUT2D eigenvalue weighted by molar-refractivity contribution is 6.09. The molecule has 1 unspecified atom stereocenters. The number of carbonyl (C=O) groups is 2. The molecule has 1 aliphatic rings. The summed E-state index contributed by atoms with van der Waals surface area (Å²) in [5, 5.41) is 11.0. The average molecular weight is 510 g/mol. The van der Waals surface area contributed by atoms with E-state index in [1.807, 2.05) is 61.7 Å². The van der Waals surface area contributed by atoms with E-state index in [0.29, 0.717) is 13.0 Å². The molecule has 1 aromatic heterocycles. The largest absolute Gasteiger partial charge is 0.500 e. The predicted octanol–water partition coefficient (Wildman–Crippen LogP) is 5.02. The first-order valence-electron chi connectivity index (χ1n) is 12.3. The quantitative estimate of drug-likeness (QED) is 0.175. The molecule has 0 radical (unpaired) electrons. The molecule has 1 atom stereocenters. The first kappa shape index (κ1) is 28.0. The maximum absolute atomic E-state index is 12.4. The van der Waals surface area contributed by atoms with E-state index < -0.39 is 0 Å². The maximum atomic E-state index is 12.4. The maximum Gasteiger partial charge on any atom is 0.180 e. The molecular weight excluding hydrogens is 478 g/mol. The van der Waals surface area contributed by atoms with Crippen LogP contribution in [-0.2, 0) is 25.5 Å². The summed E-state index contributed by atoms with van der Waals surface area (Å²) in [6.45, 7) is 2.49. The number of benzene rings is 1. The third-order valence-electron chi connectivity index (χ3n) is 5.83. The smallest absolute Gasteiger partial charge is 0.180 e. The van der Waals surface area contributed by atoms with E-state index in [4.69, 9.17) is 14.7 Å². The summed E-state index contributed by atoms with van der Waals surface area (Å²) in [4.78, 5) is 29.0. The van der Waals surface area contributed by atoms with Crippen LogP contribution in [0.3, 0.4) is 0 Å². The molecule has 0 bridgehead atoms. The summed E-state index contributed by atoms with van der Waals surface area (Å²) in [5.74, 6) is 0.162. The lowest BCUT2D eigenvalue weighted by molar-refractivity contribution is -0.121. The second-order valence-corrected chi connectivity index (χ2v) is 8.61. The van der Waals surface area contributed by atoms with Gasteiger partial charge in [-0.1, -0.05) is 42.5 Å². The van der Waals surface area contributed by atoms with Crippen molar-refractivity contribution >= 4 is 23.7 Å². The summed E-state index contributed by atoms with van der Waals surface area (Å²) in [5.41, 5.74) is 4.57. The predicted molar refractivity (Wildman–Crippen MR) is 147 cm³/mol. The number of hydrogen-bond donors (Lipinski definition) is 1. The Labute approximate surface area is 223 Å². The van der Waals surface area contributed by atoms with E-state index in [9.17, 15) is 9.59 Å². The van der Waals surface area contributed by atoms with Crippen LogP contribution in [0, 0.1) is 18.4 Å². The summed E-state index contributed by atoms with van der Waals surface area (Å²) >= 11 is 0. The van der Waals surface area contributed by atoms with Crippen molar-refractivity contribution in [1.82, 2.24) is 10.3 Å². The fraction of sp³-hybridized carbons (Fsp3) is 0.226. The lowest BCUT2D eigenvalue weighted by Crippen LogP contribution is -2.17. The van der Waals surface area contributed by atoms with Crippen molar-refractivity contribution in [2.75, 3.05) is 13.7 Å². The summed E-state index contributed by atoms with van der Waals surface area (Å²) in [6.07, 6.45) is 17.9. The topological polar surface area (TPSA) is 101 Å². The van der Waals surface area contributed by atoms with Crippen LogP contribution in [0.4, 0.5) is 0 Å². The number of ketones is 2. The molecular formula is C31H31N3O4. The van der Waals surface area contributed by atoms with Gasteiger partial charge in [0.15, 0.2) is 17.8 Å². The summed E-state index contributed by atoms with van der Waals surface area (Å²) < 4.78 is 11.5. The van der Waals surface area contributed by atoms with Crippen LogP contribution in [0.25, 0.3) is 12.2 Å². The Morgan fingerprint density at radius 2 is 1.97 bits per heavy atom. The van der Waals surface area contributed by atoms with E-state index in [-0.39, 0.29) is 24.1 Å². The molecule has 0 saturated heterocycles. The van der Waals surface area contributed by atoms with Gasteiger partial charge in [0.1, 0.15) is 5.76 Å². The van der Waals surface area contributed by atoms with Crippen molar-refractivity contribution in [2.24, 2.45) is 0 Å². The van der Waals surface area contributed by atoms with E-state index in [1.54, 1.807) is 37.7 Å². The Bertz CT molecular complexity index is 1310. The SMILES string of the molecule is COC1=C(/C=C/C(=O)CC(=O)/C=C/c2ccc(/C=C\NC#N)c(C)c2)C=CC(OCCc2ccccn2)C1. The van der Waals surface area contributed by atoms with E-state index >= 15 is 0 Å². The number of pyridine rings is 1. The van der Waals surface area contributed by atoms with Gasteiger partial charge in [0, 0.05) is 36.5 Å². The molecule has 2 aromatic rings. The van der Waals surface area contributed by atoms with Crippen LogP contribution in [-0.4, -0.2) is 36.4 Å². The van der Waals surface area contributed by atoms with Crippen molar-refractivity contribution in [2.45, 2.75) is 32.3 Å². The van der Waals surface area contributed by atoms with Gasteiger partial charge >= 0.3 is 0 Å². The van der Waals surface area contributed by atoms with Crippen LogP contribution >= 0.6 is 0 Å². The number of hydrogen-bond acceptors (Lipinski definition) is 7. The number of rotatable bonds is 13. The standard InChI is InChI=1S/C31H31N3O4/c1-23-19-24(6-8-25(23)14-17-33-22-32)7-11-28(35)20-29(36)12-9-26-10-13-30(21-31(26)37-2)38-18-15-27-5-3-4-16-34-27/h3-14,16-17,19,30,33H,15,18,20-21H2,1-2H3/b11-7+,12-9+,17-14-. The number of aromatic nitrogens is 1. The number of nitrogens with one attached hydrogen (secondary N) is 1. The average Bonchev–Trinajstić information content (AvgIpc) is 2.92. The molecule has 3 rings (SSSR count). The minimum Gasteiger partial charge on any atom is -0.500 e. The third-order valence-corrected chi connectivity index (χ3v) is 5.83. The van der Waals surface area contributed by atoms with Gasteiger partial charge in [0.05, 0.1) is 26.2 Å². The minimum atomic E-state index is -0.286. The molecule has 0 aliphatic heterocycles. The van der Waals surface area contributed by atoms with Crippen LogP contribution < -0.4 is 5.32 Å². The number of methoxy groups -OCH3 is 1. The lowest BCUT2D eigenvalue weighted by atomic mass is 10.0. The zero-order valence-electron chi connectivity index (χ0n) is 21.6. The number of nitriles is 1. The number of nitrogens with zero attached hydrogens (tertiary/aromatic N) is 2. The molecule has 0 saturated carbocycles. The summed E-state index contributed by atoms with van der Waals surface area (Å²) in [6, 6.07) is 11.5. The highest BCUT2D eigenvalue weighted by atomic mass is 16.5. The Kier molecular flexibility index (Phi) is 11.0. The highest BCUT2D eigenvalue weighted by Crippen LogP contribution is 2.23. The molecule has 0 amide bonds. The van der Waals surface area contributed by atoms with Crippen molar-refractivity contribution in [1.29, 1.82) is 5.26 Å². The van der Waals surface area contributed by atoms with Gasteiger partial charge in [0.25, 0.3) is 0 Å². The van der Waals surface area contributed by atoms with E-state index in [0.717, 1.165) is 40.1 Å². The van der Waals surface area contributed by atoms with E-state index in [1.165, 1.54) is 12.2 Å². The Balaban J connectivity index is 1.48. The van der Waals surface area contributed by atoms with Gasteiger partial charge in [0.2, 0.25) is 0 Å². The van der Waals surface area contributed by atoms with Crippen molar-refractivity contribution in [3.63, 3.8) is 0 Å². The fourth-order valence-corrected chi connectivity index (χ4v) is 3.82. The molecule has 1 N–H and O–H groups in total. The lowest BCUT2D eigenvalue weighted by Gasteiger charge is -2.21. The first-order valence-corrected chi connectivity index (χ1v) is 12.3. The Morgan fingerprint density at radius 1 is 1.16 bits per heavy atom. The van der Waals surface area contributed by atoms with Gasteiger partial charge in [-0.2, -0.15) is 5.26 Å². The first-order chi connectivity index (χ1) is 18.5.